The molecule has 11 heteroatoms. The van der Waals surface area contributed by atoms with Gasteiger partial charge in [0.1, 0.15) is 48.8 Å². The van der Waals surface area contributed by atoms with Crippen molar-refractivity contribution in [2.75, 3.05) is 13.2 Å². The molecule has 0 unspecified atom stereocenters. The Kier molecular flexibility index (Phi) is 9.78. The summed E-state index contributed by atoms with van der Waals surface area (Å²) >= 11 is 0. The van der Waals surface area contributed by atoms with Crippen molar-refractivity contribution in [3.05, 3.63) is 71.8 Å². The summed E-state index contributed by atoms with van der Waals surface area (Å²) in [5.74, 6) is -1.64. The fourth-order valence-electron chi connectivity index (χ4n) is 7.01. The number of ether oxygens (including phenoxy) is 11. The lowest BCUT2D eigenvalue weighted by Gasteiger charge is -2.51. The molecule has 0 radical (unpaired) electrons. The summed E-state index contributed by atoms with van der Waals surface area (Å²) in [5, 5.41) is 0. The predicted molar refractivity (Wildman–Crippen MR) is 167 cm³/mol. The molecule has 7 rings (SSSR count). The van der Waals surface area contributed by atoms with Crippen molar-refractivity contribution in [3.63, 3.8) is 0 Å². The van der Waals surface area contributed by atoms with E-state index in [1.165, 1.54) is 0 Å². The maximum absolute atomic E-state index is 6.68. The highest BCUT2D eigenvalue weighted by Gasteiger charge is 2.61. The van der Waals surface area contributed by atoms with E-state index in [1.807, 2.05) is 102 Å². The Morgan fingerprint density at radius 2 is 1.13 bits per heavy atom. The molecule has 258 valence electrons. The first-order valence-corrected chi connectivity index (χ1v) is 16.8. The largest absolute Gasteiger partial charge is 0.374 e. The van der Waals surface area contributed by atoms with Gasteiger partial charge < -0.3 is 52.1 Å². The van der Waals surface area contributed by atoms with Crippen molar-refractivity contribution >= 4 is 0 Å². The van der Waals surface area contributed by atoms with E-state index in [2.05, 4.69) is 0 Å². The van der Waals surface area contributed by atoms with Gasteiger partial charge in [-0.3, -0.25) is 0 Å². The van der Waals surface area contributed by atoms with Crippen LogP contribution in [0.1, 0.15) is 52.7 Å². The van der Waals surface area contributed by atoms with E-state index < -0.39 is 73.0 Å². The summed E-state index contributed by atoms with van der Waals surface area (Å²) in [6.45, 7) is 12.7. The van der Waals surface area contributed by atoms with Crippen LogP contribution >= 0.6 is 0 Å². The van der Waals surface area contributed by atoms with Crippen molar-refractivity contribution in [2.45, 2.75) is 140 Å². The Hall–Kier alpha value is -2.00. The second-order valence-electron chi connectivity index (χ2n) is 14.0. The molecule has 5 saturated heterocycles. The smallest absolute Gasteiger partial charge is 0.190 e. The first-order valence-electron chi connectivity index (χ1n) is 16.8. The highest BCUT2D eigenvalue weighted by Crippen LogP contribution is 2.44. The van der Waals surface area contributed by atoms with Crippen molar-refractivity contribution < 1.29 is 52.1 Å². The summed E-state index contributed by atoms with van der Waals surface area (Å²) in [6, 6.07) is 20.1. The Morgan fingerprint density at radius 1 is 0.553 bits per heavy atom. The molecule has 0 saturated carbocycles. The van der Waals surface area contributed by atoms with Crippen molar-refractivity contribution in [1.29, 1.82) is 0 Å². The molecule has 5 aliphatic heterocycles. The maximum atomic E-state index is 6.68. The third-order valence-corrected chi connectivity index (χ3v) is 9.35. The van der Waals surface area contributed by atoms with E-state index in [0.29, 0.717) is 13.2 Å². The molecule has 11 nitrogen and oxygen atoms in total. The van der Waals surface area contributed by atoms with Crippen LogP contribution in [-0.2, 0) is 65.3 Å². The van der Waals surface area contributed by atoms with Crippen LogP contribution in [0.5, 0.6) is 0 Å². The second-order valence-corrected chi connectivity index (χ2v) is 14.0. The van der Waals surface area contributed by atoms with Crippen molar-refractivity contribution in [3.8, 4) is 0 Å². The zero-order valence-electron chi connectivity index (χ0n) is 28.0. The molecule has 0 N–H and O–H groups in total. The van der Waals surface area contributed by atoms with Crippen LogP contribution in [0.4, 0.5) is 0 Å². The van der Waals surface area contributed by atoms with Crippen LogP contribution in [0, 0.1) is 0 Å². The molecule has 0 aliphatic carbocycles. The molecule has 0 bridgehead atoms. The van der Waals surface area contributed by atoms with Crippen LogP contribution in [0.15, 0.2) is 60.7 Å². The lowest BCUT2D eigenvalue weighted by molar-refractivity contribution is -0.363. The molecule has 2 aromatic rings. The van der Waals surface area contributed by atoms with Gasteiger partial charge in [-0.05, 0) is 52.7 Å². The van der Waals surface area contributed by atoms with Gasteiger partial charge in [-0.1, -0.05) is 60.7 Å². The Bertz CT molecular complexity index is 1310. The van der Waals surface area contributed by atoms with Crippen LogP contribution in [0.2, 0.25) is 0 Å². The van der Waals surface area contributed by atoms with Gasteiger partial charge in [-0.2, -0.15) is 0 Å². The molecule has 12 atom stereocenters. The van der Waals surface area contributed by atoms with Gasteiger partial charge in [0.2, 0.25) is 0 Å². The Labute approximate surface area is 276 Å². The molecule has 2 aromatic carbocycles. The molecular weight excluding hydrogens is 608 g/mol. The lowest BCUT2D eigenvalue weighted by atomic mass is 9.95. The SMILES string of the molecule is C[C@@H]1O[C@@H]2[C@H](OCc3ccccc3)[C@@H](OC[C@H]3O[C@@H]4OC(C)(C)O[C@@H]4[C@H]4OC(C)(C)O[C@H]43)O[C@H](COCc3ccccc3)[C@H]2O[C@H]1C. The van der Waals surface area contributed by atoms with Crippen LogP contribution in [0.25, 0.3) is 0 Å². The zero-order chi connectivity index (χ0) is 32.8. The molecule has 0 spiro atoms. The van der Waals surface area contributed by atoms with Gasteiger partial charge >= 0.3 is 0 Å². The summed E-state index contributed by atoms with van der Waals surface area (Å²) in [4.78, 5) is 0. The molecule has 0 aromatic heterocycles. The average Bonchev–Trinajstić information content (AvgIpc) is 3.54. The zero-order valence-corrected chi connectivity index (χ0v) is 28.0. The fourth-order valence-corrected chi connectivity index (χ4v) is 7.01. The lowest BCUT2D eigenvalue weighted by Crippen LogP contribution is -2.66. The minimum absolute atomic E-state index is 0.130. The van der Waals surface area contributed by atoms with Crippen molar-refractivity contribution in [1.82, 2.24) is 0 Å². The summed E-state index contributed by atoms with van der Waals surface area (Å²) in [7, 11) is 0. The Balaban J connectivity index is 1.11. The van der Waals surface area contributed by atoms with E-state index in [0.717, 1.165) is 11.1 Å². The van der Waals surface area contributed by atoms with Gasteiger partial charge in [-0.15, -0.1) is 0 Å². The van der Waals surface area contributed by atoms with Crippen LogP contribution < -0.4 is 0 Å². The highest BCUT2D eigenvalue weighted by molar-refractivity contribution is 5.14. The van der Waals surface area contributed by atoms with Crippen molar-refractivity contribution in [2.24, 2.45) is 0 Å². The molecule has 0 amide bonds. The third-order valence-electron chi connectivity index (χ3n) is 9.35. The normalized spacial score (nSPS) is 40.4. The van der Waals surface area contributed by atoms with Gasteiger partial charge in [-0.25, -0.2) is 0 Å². The van der Waals surface area contributed by atoms with Crippen LogP contribution in [-0.4, -0.2) is 98.4 Å². The maximum Gasteiger partial charge on any atom is 0.190 e. The first kappa shape index (κ1) is 33.5. The topological polar surface area (TPSA) is 102 Å². The van der Waals surface area contributed by atoms with E-state index >= 15 is 0 Å². The quantitative estimate of drug-likeness (QED) is 0.362. The number of hydrogen-bond donors (Lipinski definition) is 0. The van der Waals surface area contributed by atoms with E-state index in [4.69, 9.17) is 52.1 Å². The van der Waals surface area contributed by atoms with Crippen LogP contribution in [0.3, 0.4) is 0 Å². The summed E-state index contributed by atoms with van der Waals surface area (Å²) in [5.41, 5.74) is 2.10. The molecule has 5 aliphatic rings. The highest BCUT2D eigenvalue weighted by atomic mass is 16.9. The van der Waals surface area contributed by atoms with Gasteiger partial charge in [0.25, 0.3) is 0 Å². The van der Waals surface area contributed by atoms with Gasteiger partial charge in [0, 0.05) is 0 Å². The average molecular weight is 657 g/mol. The molecule has 5 heterocycles. The second kappa shape index (κ2) is 13.7. The van der Waals surface area contributed by atoms with Gasteiger partial charge in [0.05, 0.1) is 38.6 Å². The Morgan fingerprint density at radius 3 is 1.83 bits per heavy atom. The molecular formula is C36H48O11. The third kappa shape index (κ3) is 7.46. The van der Waals surface area contributed by atoms with E-state index in [9.17, 15) is 0 Å². The fraction of sp³-hybridized carbons (Fsp3) is 0.667. The number of rotatable bonds is 10. The molecule has 47 heavy (non-hydrogen) atoms. The summed E-state index contributed by atoms with van der Waals surface area (Å²) in [6.07, 6.45) is -5.48. The minimum Gasteiger partial charge on any atom is -0.374 e. The number of fused-ring (bicyclic) bond motifs is 4. The standard InChI is InChI=1S/C36H48O11/c1-21-22(2)41-29-27(40-21)25(19-37-17-23-13-9-7-10-14-23)42-33(31(29)38-18-24-15-11-8-12-16-24)39-20-26-28-30(45-35(3,4)44-28)32-34(43-26)47-36(5,6)46-32/h7-16,21-22,25-34H,17-20H2,1-6H3/t21-,22-,25+,26+,27+,28-,29-,30-,31-,32+,33-,34+/m0/s1. The summed E-state index contributed by atoms with van der Waals surface area (Å²) < 4.78 is 70.6. The number of benzene rings is 2. The minimum atomic E-state index is -0.820. The predicted octanol–water partition coefficient (Wildman–Crippen LogP) is 4.49. The molecule has 5 fully saturated rings. The number of hydrogen-bond acceptors (Lipinski definition) is 11. The first-order chi connectivity index (χ1) is 22.6. The van der Waals surface area contributed by atoms with E-state index in [1.54, 1.807) is 0 Å². The van der Waals surface area contributed by atoms with E-state index in [-0.39, 0.29) is 25.4 Å². The monoisotopic (exact) mass is 656 g/mol. The van der Waals surface area contributed by atoms with Gasteiger partial charge in [0.15, 0.2) is 24.2 Å².